The highest BCUT2D eigenvalue weighted by Gasteiger charge is 2.26. The molecular weight excluding hydrogens is 188 g/mol. The van der Waals surface area contributed by atoms with Crippen molar-refractivity contribution in [2.75, 3.05) is 19.3 Å². The summed E-state index contributed by atoms with van der Waals surface area (Å²) in [5, 5.41) is 3.23. The maximum absolute atomic E-state index is 5.69. The maximum Gasteiger partial charge on any atom is 0.220 e. The van der Waals surface area contributed by atoms with E-state index >= 15 is 0 Å². The van der Waals surface area contributed by atoms with Crippen LogP contribution in [0, 0.1) is 0 Å². The van der Waals surface area contributed by atoms with E-state index in [0.29, 0.717) is 11.9 Å². The van der Waals surface area contributed by atoms with Crippen LogP contribution in [0.5, 0.6) is 0 Å². The average molecular weight is 206 g/mol. The molecule has 1 unspecified atom stereocenters. The van der Waals surface area contributed by atoms with Crippen LogP contribution in [0.15, 0.2) is 0 Å². The quantitative estimate of drug-likeness (QED) is 0.770. The van der Waals surface area contributed by atoms with Crippen molar-refractivity contribution in [3.05, 3.63) is 17.0 Å². The van der Waals surface area contributed by atoms with Gasteiger partial charge >= 0.3 is 0 Å². The Kier molecular flexibility index (Phi) is 2.86. The SMILES string of the molecule is CCc1nc(N)nc2c1C(CNC)CC2. The Labute approximate surface area is 90.3 Å². The van der Waals surface area contributed by atoms with Gasteiger partial charge in [-0.15, -0.1) is 0 Å². The first-order valence-electron chi connectivity index (χ1n) is 5.56. The first-order valence-corrected chi connectivity index (χ1v) is 5.56. The van der Waals surface area contributed by atoms with Gasteiger partial charge in [-0.25, -0.2) is 9.97 Å². The smallest absolute Gasteiger partial charge is 0.220 e. The summed E-state index contributed by atoms with van der Waals surface area (Å²) in [6, 6.07) is 0. The second kappa shape index (κ2) is 4.14. The Morgan fingerprint density at radius 1 is 1.47 bits per heavy atom. The number of nitrogen functional groups attached to an aromatic ring is 1. The van der Waals surface area contributed by atoms with Gasteiger partial charge in [0.1, 0.15) is 0 Å². The molecule has 0 spiro atoms. The summed E-state index contributed by atoms with van der Waals surface area (Å²) in [6.07, 6.45) is 3.15. The van der Waals surface area contributed by atoms with Gasteiger partial charge in [0.2, 0.25) is 5.95 Å². The molecule has 1 heterocycles. The van der Waals surface area contributed by atoms with Gasteiger partial charge in [-0.05, 0) is 31.9 Å². The number of fused-ring (bicyclic) bond motifs is 1. The van der Waals surface area contributed by atoms with E-state index in [1.807, 2.05) is 7.05 Å². The Balaban J connectivity index is 2.41. The van der Waals surface area contributed by atoms with Crippen molar-refractivity contribution in [2.24, 2.45) is 0 Å². The van der Waals surface area contributed by atoms with Crippen LogP contribution in [0.3, 0.4) is 0 Å². The van der Waals surface area contributed by atoms with Gasteiger partial charge in [0.15, 0.2) is 0 Å². The summed E-state index contributed by atoms with van der Waals surface area (Å²) in [4.78, 5) is 8.67. The third-order valence-corrected chi connectivity index (χ3v) is 3.04. The summed E-state index contributed by atoms with van der Waals surface area (Å²) >= 11 is 0. The Morgan fingerprint density at radius 3 is 2.93 bits per heavy atom. The normalized spacial score (nSPS) is 19.2. The second-order valence-corrected chi connectivity index (χ2v) is 4.04. The van der Waals surface area contributed by atoms with Crippen LogP contribution in [-0.2, 0) is 12.8 Å². The van der Waals surface area contributed by atoms with E-state index in [0.717, 1.165) is 25.1 Å². The highest BCUT2D eigenvalue weighted by molar-refractivity contribution is 5.38. The Morgan fingerprint density at radius 2 is 2.27 bits per heavy atom. The Bertz CT molecular complexity index is 362. The largest absolute Gasteiger partial charge is 0.368 e. The molecule has 1 atom stereocenters. The molecule has 0 radical (unpaired) electrons. The number of nitrogens with two attached hydrogens (primary N) is 1. The zero-order valence-corrected chi connectivity index (χ0v) is 9.38. The predicted molar refractivity (Wildman–Crippen MR) is 60.8 cm³/mol. The highest BCUT2D eigenvalue weighted by atomic mass is 15.0. The van der Waals surface area contributed by atoms with Gasteiger partial charge in [0.05, 0.1) is 0 Å². The van der Waals surface area contributed by atoms with Crippen molar-refractivity contribution in [1.29, 1.82) is 0 Å². The van der Waals surface area contributed by atoms with Crippen LogP contribution in [0.4, 0.5) is 5.95 Å². The first kappa shape index (κ1) is 10.4. The molecule has 0 saturated heterocycles. The van der Waals surface area contributed by atoms with E-state index in [-0.39, 0.29) is 0 Å². The number of hydrogen-bond acceptors (Lipinski definition) is 4. The molecule has 4 heteroatoms. The van der Waals surface area contributed by atoms with Crippen molar-refractivity contribution in [3.63, 3.8) is 0 Å². The van der Waals surface area contributed by atoms with E-state index < -0.39 is 0 Å². The lowest BCUT2D eigenvalue weighted by Crippen LogP contribution is -2.17. The van der Waals surface area contributed by atoms with Gasteiger partial charge in [0, 0.05) is 23.9 Å². The van der Waals surface area contributed by atoms with Crippen LogP contribution < -0.4 is 11.1 Å². The molecule has 3 N–H and O–H groups in total. The van der Waals surface area contributed by atoms with Gasteiger partial charge in [-0.2, -0.15) is 0 Å². The zero-order chi connectivity index (χ0) is 10.8. The number of hydrogen-bond donors (Lipinski definition) is 2. The first-order chi connectivity index (χ1) is 7.26. The number of nitrogens with zero attached hydrogens (tertiary/aromatic N) is 2. The summed E-state index contributed by atoms with van der Waals surface area (Å²) in [7, 11) is 1.99. The minimum Gasteiger partial charge on any atom is -0.368 e. The van der Waals surface area contributed by atoms with Gasteiger partial charge in [-0.1, -0.05) is 6.92 Å². The van der Waals surface area contributed by atoms with E-state index in [1.54, 1.807) is 0 Å². The molecule has 82 valence electrons. The van der Waals surface area contributed by atoms with E-state index in [1.165, 1.54) is 17.7 Å². The molecule has 0 aromatic carbocycles. The van der Waals surface area contributed by atoms with Crippen LogP contribution in [0.2, 0.25) is 0 Å². The third-order valence-electron chi connectivity index (χ3n) is 3.04. The van der Waals surface area contributed by atoms with Crippen molar-refractivity contribution in [1.82, 2.24) is 15.3 Å². The number of anilines is 1. The summed E-state index contributed by atoms with van der Waals surface area (Å²) in [6.45, 7) is 3.13. The lowest BCUT2D eigenvalue weighted by Gasteiger charge is -2.13. The third kappa shape index (κ3) is 1.81. The molecule has 1 aliphatic carbocycles. The highest BCUT2D eigenvalue weighted by Crippen LogP contribution is 2.33. The monoisotopic (exact) mass is 206 g/mol. The summed E-state index contributed by atoms with van der Waals surface area (Å²) < 4.78 is 0. The van der Waals surface area contributed by atoms with Crippen molar-refractivity contribution in [3.8, 4) is 0 Å². The fourth-order valence-corrected chi connectivity index (χ4v) is 2.43. The number of aryl methyl sites for hydroxylation is 2. The minimum absolute atomic E-state index is 0.427. The van der Waals surface area contributed by atoms with Gasteiger partial charge in [0.25, 0.3) is 0 Å². The number of rotatable bonds is 3. The van der Waals surface area contributed by atoms with Crippen molar-refractivity contribution >= 4 is 5.95 Å². The molecule has 1 aromatic rings. The standard InChI is InChI=1S/C11H18N4/c1-3-8-10-7(6-13-2)4-5-9(10)15-11(12)14-8/h7,13H,3-6H2,1-2H3,(H2,12,14,15). The van der Waals surface area contributed by atoms with Crippen molar-refractivity contribution < 1.29 is 0 Å². The molecule has 1 aromatic heterocycles. The predicted octanol–water partition coefficient (Wildman–Crippen LogP) is 0.870. The summed E-state index contributed by atoms with van der Waals surface area (Å²) in [5.41, 5.74) is 9.34. The van der Waals surface area contributed by atoms with E-state index in [4.69, 9.17) is 5.73 Å². The molecule has 0 saturated carbocycles. The molecule has 15 heavy (non-hydrogen) atoms. The molecule has 2 rings (SSSR count). The van der Waals surface area contributed by atoms with Crippen LogP contribution >= 0.6 is 0 Å². The lowest BCUT2D eigenvalue weighted by molar-refractivity contribution is 0.618. The van der Waals surface area contributed by atoms with Gasteiger partial charge < -0.3 is 11.1 Å². The molecule has 0 aliphatic heterocycles. The van der Waals surface area contributed by atoms with Gasteiger partial charge in [-0.3, -0.25) is 0 Å². The molecule has 0 fully saturated rings. The van der Waals surface area contributed by atoms with E-state index in [2.05, 4.69) is 22.2 Å². The molecule has 1 aliphatic rings. The second-order valence-electron chi connectivity index (χ2n) is 4.04. The lowest BCUT2D eigenvalue weighted by atomic mass is 10.00. The van der Waals surface area contributed by atoms with E-state index in [9.17, 15) is 0 Å². The molecule has 0 amide bonds. The number of likely N-dealkylation sites (N-methyl/N-ethyl adjacent to an activating group) is 1. The van der Waals surface area contributed by atoms with Crippen molar-refractivity contribution in [2.45, 2.75) is 32.1 Å². The Hall–Kier alpha value is -1.16. The van der Waals surface area contributed by atoms with Crippen LogP contribution in [0.1, 0.15) is 36.2 Å². The topological polar surface area (TPSA) is 63.8 Å². The fourth-order valence-electron chi connectivity index (χ4n) is 2.43. The fraction of sp³-hybridized carbons (Fsp3) is 0.636. The minimum atomic E-state index is 0.427. The zero-order valence-electron chi connectivity index (χ0n) is 9.38. The molecule has 0 bridgehead atoms. The number of nitrogens with one attached hydrogen (secondary N) is 1. The summed E-state index contributed by atoms with van der Waals surface area (Å²) in [5.74, 6) is 0.997. The average Bonchev–Trinajstić information content (AvgIpc) is 2.61. The van der Waals surface area contributed by atoms with Crippen LogP contribution in [-0.4, -0.2) is 23.6 Å². The number of aromatic nitrogens is 2. The van der Waals surface area contributed by atoms with Crippen LogP contribution in [0.25, 0.3) is 0 Å². The molecule has 4 nitrogen and oxygen atoms in total. The maximum atomic E-state index is 5.69. The molecular formula is C11H18N4.